The molecule has 0 radical (unpaired) electrons. The van der Waals surface area contributed by atoms with Crippen molar-refractivity contribution in [3.63, 3.8) is 0 Å². The summed E-state index contributed by atoms with van der Waals surface area (Å²) < 4.78 is 0. The smallest absolute Gasteiger partial charge is 0.412 e. The quantitative estimate of drug-likeness (QED) is 0.852. The number of carboxylic acid groups (broad SMARTS) is 1. The van der Waals surface area contributed by atoms with Crippen molar-refractivity contribution in [3.8, 4) is 0 Å². The fourth-order valence-corrected chi connectivity index (χ4v) is 3.43. The van der Waals surface area contributed by atoms with Gasteiger partial charge in [0.15, 0.2) is 5.69 Å². The van der Waals surface area contributed by atoms with Gasteiger partial charge < -0.3 is 10.0 Å². The van der Waals surface area contributed by atoms with E-state index >= 15 is 0 Å². The molecule has 1 atom stereocenters. The molecule has 0 saturated carbocycles. The minimum atomic E-state index is -1.000. The maximum absolute atomic E-state index is 13.2. The molecule has 1 aliphatic heterocycles. The van der Waals surface area contributed by atoms with Crippen LogP contribution in [0.15, 0.2) is 18.2 Å². The first-order valence-electron chi connectivity index (χ1n) is 9.25. The van der Waals surface area contributed by atoms with Crippen LogP contribution < -0.4 is 9.80 Å². The molecule has 2 amide bonds. The van der Waals surface area contributed by atoms with E-state index in [9.17, 15) is 14.7 Å². The number of nitrogens with zero attached hydrogens (tertiary/aromatic N) is 3. The number of fused-ring (bicyclic) bond motifs is 1. The van der Waals surface area contributed by atoms with E-state index in [0.29, 0.717) is 30.0 Å². The van der Waals surface area contributed by atoms with Crippen LogP contribution >= 0.6 is 0 Å². The summed E-state index contributed by atoms with van der Waals surface area (Å²) in [6.45, 7) is 10.2. The Labute approximate surface area is 159 Å². The number of aromatic amines is 1. The van der Waals surface area contributed by atoms with Gasteiger partial charge in [-0.25, -0.2) is 4.79 Å². The van der Waals surface area contributed by atoms with Crippen LogP contribution in [0.4, 0.5) is 16.2 Å². The second-order valence-electron chi connectivity index (χ2n) is 7.42. The summed E-state index contributed by atoms with van der Waals surface area (Å²) in [7, 11) is 0. The Bertz CT molecular complexity index is 887. The van der Waals surface area contributed by atoms with Crippen molar-refractivity contribution in [1.82, 2.24) is 10.2 Å². The number of hydrogen-bond acceptors (Lipinski definition) is 3. The van der Waals surface area contributed by atoms with E-state index in [1.54, 1.807) is 11.0 Å². The summed E-state index contributed by atoms with van der Waals surface area (Å²) in [5, 5.41) is 16.9. The molecule has 0 saturated heterocycles. The number of carbonyl (C=O) groups is 2. The second-order valence-corrected chi connectivity index (χ2v) is 7.42. The van der Waals surface area contributed by atoms with Crippen LogP contribution in [0, 0.1) is 13.8 Å². The Balaban J connectivity index is 2.10. The van der Waals surface area contributed by atoms with Gasteiger partial charge in [-0.3, -0.25) is 14.8 Å². The largest absolute Gasteiger partial charge is 0.465 e. The highest BCUT2D eigenvalue weighted by molar-refractivity contribution is 6.09. The van der Waals surface area contributed by atoms with Crippen LogP contribution in [-0.2, 0) is 0 Å². The van der Waals surface area contributed by atoms with Crippen LogP contribution in [-0.4, -0.2) is 39.9 Å². The molecule has 1 aliphatic rings. The molecule has 1 aromatic carbocycles. The number of amides is 2. The molecule has 27 heavy (non-hydrogen) atoms. The summed E-state index contributed by atoms with van der Waals surface area (Å²) >= 11 is 0. The monoisotopic (exact) mass is 370 g/mol. The number of hydrogen-bond donors (Lipinski definition) is 2. The van der Waals surface area contributed by atoms with Crippen molar-refractivity contribution < 1.29 is 14.7 Å². The number of nitrogens with one attached hydrogen (secondary N) is 1. The fraction of sp³-hybridized carbons (Fsp3) is 0.450. The number of aromatic nitrogens is 2. The molecule has 7 nitrogen and oxygen atoms in total. The van der Waals surface area contributed by atoms with Gasteiger partial charge in [0.1, 0.15) is 0 Å². The summed E-state index contributed by atoms with van der Waals surface area (Å²) in [4.78, 5) is 28.2. The Hall–Kier alpha value is -2.83. The lowest BCUT2D eigenvalue weighted by Gasteiger charge is -2.41. The number of H-pyrrole nitrogens is 1. The lowest BCUT2D eigenvalue weighted by molar-refractivity contribution is 0.0977. The first kappa shape index (κ1) is 18.9. The molecule has 3 rings (SSSR count). The summed E-state index contributed by atoms with van der Waals surface area (Å²) in [5.41, 5.74) is 4.42. The van der Waals surface area contributed by atoms with Gasteiger partial charge >= 0.3 is 6.09 Å². The zero-order chi connectivity index (χ0) is 19.9. The number of anilines is 2. The highest BCUT2D eigenvalue weighted by Crippen LogP contribution is 2.39. The highest BCUT2D eigenvalue weighted by atomic mass is 16.4. The van der Waals surface area contributed by atoms with Crippen molar-refractivity contribution in [3.05, 3.63) is 40.7 Å². The summed E-state index contributed by atoms with van der Waals surface area (Å²) in [6.07, 6.45) is -0.388. The van der Waals surface area contributed by atoms with Crippen LogP contribution in [0.5, 0.6) is 0 Å². The predicted molar refractivity (Wildman–Crippen MR) is 105 cm³/mol. The Morgan fingerprint density at radius 2 is 1.85 bits per heavy atom. The van der Waals surface area contributed by atoms with E-state index in [2.05, 4.69) is 10.2 Å². The van der Waals surface area contributed by atoms with Gasteiger partial charge in [0.2, 0.25) is 0 Å². The molecule has 2 N–H and O–H groups in total. The SMILES string of the molecule is CCC1CN(C(=O)c2cc(C(C)C)[nH]n2)c2cc(C)c(C)cc2N1C(=O)O. The Morgan fingerprint density at radius 3 is 2.37 bits per heavy atom. The lowest BCUT2D eigenvalue weighted by atomic mass is 10.00. The first-order chi connectivity index (χ1) is 12.7. The van der Waals surface area contributed by atoms with E-state index in [1.807, 2.05) is 46.8 Å². The Kier molecular flexibility index (Phi) is 4.95. The fourth-order valence-electron chi connectivity index (χ4n) is 3.43. The van der Waals surface area contributed by atoms with Gasteiger partial charge in [-0.15, -0.1) is 0 Å². The highest BCUT2D eigenvalue weighted by Gasteiger charge is 2.37. The minimum Gasteiger partial charge on any atom is -0.465 e. The van der Waals surface area contributed by atoms with Crippen LogP contribution in [0.3, 0.4) is 0 Å². The number of benzene rings is 1. The third-order valence-electron chi connectivity index (χ3n) is 5.26. The van der Waals surface area contributed by atoms with Crippen molar-refractivity contribution in [2.24, 2.45) is 0 Å². The minimum absolute atomic E-state index is 0.217. The average molecular weight is 370 g/mol. The normalized spacial score (nSPS) is 16.6. The van der Waals surface area contributed by atoms with Crippen LogP contribution in [0.2, 0.25) is 0 Å². The molecule has 2 heterocycles. The standard InChI is InChI=1S/C20H26N4O3/c1-6-14-10-23(19(25)16-9-15(11(2)3)21-22-16)17-7-12(4)13(5)8-18(17)24(14)20(26)27/h7-9,11,14H,6,10H2,1-5H3,(H,21,22)(H,26,27). The summed E-state index contributed by atoms with van der Waals surface area (Å²) in [6, 6.07) is 5.22. The maximum Gasteiger partial charge on any atom is 0.412 e. The molecule has 0 fully saturated rings. The third kappa shape index (κ3) is 3.29. The first-order valence-corrected chi connectivity index (χ1v) is 9.25. The molecule has 1 unspecified atom stereocenters. The van der Waals surface area contributed by atoms with Crippen LogP contribution in [0.25, 0.3) is 0 Å². The lowest BCUT2D eigenvalue weighted by Crippen LogP contribution is -2.52. The second kappa shape index (κ2) is 7.06. The van der Waals surface area contributed by atoms with Gasteiger partial charge in [0.05, 0.1) is 17.4 Å². The van der Waals surface area contributed by atoms with Crippen molar-refractivity contribution in [1.29, 1.82) is 0 Å². The molecule has 1 aromatic heterocycles. The predicted octanol–water partition coefficient (Wildman–Crippen LogP) is 4.07. The maximum atomic E-state index is 13.2. The van der Waals surface area contributed by atoms with Gasteiger partial charge in [-0.05, 0) is 55.5 Å². The molecule has 0 spiro atoms. The molecule has 0 aliphatic carbocycles. The van der Waals surface area contributed by atoms with Gasteiger partial charge in [-0.1, -0.05) is 20.8 Å². The molecular weight excluding hydrogens is 344 g/mol. The molecule has 144 valence electrons. The van der Waals surface area contributed by atoms with Gasteiger partial charge in [0, 0.05) is 12.2 Å². The number of aryl methyl sites for hydroxylation is 2. The molecule has 2 aromatic rings. The van der Waals surface area contributed by atoms with E-state index in [-0.39, 0.29) is 17.9 Å². The third-order valence-corrected chi connectivity index (χ3v) is 5.26. The number of carbonyl (C=O) groups excluding carboxylic acids is 1. The van der Waals surface area contributed by atoms with Gasteiger partial charge in [0.25, 0.3) is 5.91 Å². The van der Waals surface area contributed by atoms with E-state index in [0.717, 1.165) is 16.8 Å². The molecular formula is C20H26N4O3. The van der Waals surface area contributed by atoms with E-state index in [1.165, 1.54) is 4.90 Å². The Morgan fingerprint density at radius 1 is 1.22 bits per heavy atom. The number of rotatable bonds is 3. The van der Waals surface area contributed by atoms with Crippen molar-refractivity contribution >= 4 is 23.4 Å². The van der Waals surface area contributed by atoms with Crippen molar-refractivity contribution in [2.75, 3.05) is 16.3 Å². The topological polar surface area (TPSA) is 89.5 Å². The van der Waals surface area contributed by atoms with Crippen molar-refractivity contribution in [2.45, 2.75) is 53.0 Å². The van der Waals surface area contributed by atoms with E-state index < -0.39 is 6.09 Å². The van der Waals surface area contributed by atoms with Crippen LogP contribution in [0.1, 0.15) is 60.4 Å². The molecule has 7 heteroatoms. The van der Waals surface area contributed by atoms with E-state index in [4.69, 9.17) is 0 Å². The zero-order valence-electron chi connectivity index (χ0n) is 16.4. The summed E-state index contributed by atoms with van der Waals surface area (Å²) in [5.74, 6) is 0.0228. The zero-order valence-corrected chi connectivity index (χ0v) is 16.4. The average Bonchev–Trinajstić information content (AvgIpc) is 3.11. The molecule has 0 bridgehead atoms. The van der Waals surface area contributed by atoms with Gasteiger partial charge in [-0.2, -0.15) is 5.10 Å².